The summed E-state index contributed by atoms with van der Waals surface area (Å²) in [5.41, 5.74) is 1.88. The van der Waals surface area contributed by atoms with E-state index in [0.29, 0.717) is 6.54 Å². The van der Waals surface area contributed by atoms with Crippen LogP contribution in [0.2, 0.25) is 0 Å². The summed E-state index contributed by atoms with van der Waals surface area (Å²) in [5.74, 6) is -0.594. The zero-order valence-electron chi connectivity index (χ0n) is 9.53. The standard InChI is InChI=1S/C12H14N2O3/c1-17-11(15)6-10-12(16)13-7-8-4-2-3-5-9(8)14-10/h2-5,10,14H,6-7H2,1H3,(H,13,16)/t10-/m0/s1. The van der Waals surface area contributed by atoms with E-state index in [0.717, 1.165) is 11.3 Å². The van der Waals surface area contributed by atoms with Gasteiger partial charge in [0.1, 0.15) is 6.04 Å². The van der Waals surface area contributed by atoms with Crippen molar-refractivity contribution in [3.8, 4) is 0 Å². The molecule has 0 aliphatic carbocycles. The first-order valence-corrected chi connectivity index (χ1v) is 5.39. The summed E-state index contributed by atoms with van der Waals surface area (Å²) in [5, 5.41) is 5.83. The molecule has 90 valence electrons. The van der Waals surface area contributed by atoms with Crippen LogP contribution in [-0.2, 0) is 20.9 Å². The number of hydrogen-bond donors (Lipinski definition) is 2. The summed E-state index contributed by atoms with van der Waals surface area (Å²) in [6, 6.07) is 7.04. The van der Waals surface area contributed by atoms with E-state index < -0.39 is 12.0 Å². The monoisotopic (exact) mass is 234 g/mol. The topological polar surface area (TPSA) is 67.4 Å². The van der Waals surface area contributed by atoms with E-state index in [1.807, 2.05) is 24.3 Å². The van der Waals surface area contributed by atoms with Crippen molar-refractivity contribution in [1.29, 1.82) is 0 Å². The van der Waals surface area contributed by atoms with Gasteiger partial charge in [0.05, 0.1) is 13.5 Å². The Hall–Kier alpha value is -2.04. The molecule has 0 saturated carbocycles. The van der Waals surface area contributed by atoms with Crippen molar-refractivity contribution in [2.75, 3.05) is 12.4 Å². The van der Waals surface area contributed by atoms with Gasteiger partial charge in [-0.25, -0.2) is 0 Å². The van der Waals surface area contributed by atoms with Crippen LogP contribution in [0.15, 0.2) is 24.3 Å². The molecule has 0 aromatic heterocycles. The smallest absolute Gasteiger partial charge is 0.308 e. The van der Waals surface area contributed by atoms with Crippen LogP contribution >= 0.6 is 0 Å². The second kappa shape index (κ2) is 4.86. The molecule has 1 aliphatic rings. The van der Waals surface area contributed by atoms with Crippen LogP contribution in [0, 0.1) is 0 Å². The van der Waals surface area contributed by atoms with Crippen LogP contribution < -0.4 is 10.6 Å². The van der Waals surface area contributed by atoms with Crippen molar-refractivity contribution in [2.24, 2.45) is 0 Å². The molecule has 0 bridgehead atoms. The van der Waals surface area contributed by atoms with Gasteiger partial charge in [0.25, 0.3) is 0 Å². The first-order valence-electron chi connectivity index (χ1n) is 5.39. The maximum absolute atomic E-state index is 11.8. The summed E-state index contributed by atoms with van der Waals surface area (Å²) < 4.78 is 4.57. The molecule has 1 aromatic carbocycles. The Balaban J connectivity index is 2.18. The van der Waals surface area contributed by atoms with Crippen molar-refractivity contribution >= 4 is 17.6 Å². The summed E-state index contributed by atoms with van der Waals surface area (Å²) in [6.07, 6.45) is 0.0245. The van der Waals surface area contributed by atoms with Crippen molar-refractivity contribution < 1.29 is 14.3 Å². The van der Waals surface area contributed by atoms with Gasteiger partial charge in [-0.05, 0) is 11.6 Å². The highest BCUT2D eigenvalue weighted by molar-refractivity contribution is 5.90. The number of methoxy groups -OCH3 is 1. The van der Waals surface area contributed by atoms with E-state index in [-0.39, 0.29) is 12.3 Å². The number of ether oxygens (including phenoxy) is 1. The van der Waals surface area contributed by atoms with E-state index in [9.17, 15) is 9.59 Å². The van der Waals surface area contributed by atoms with E-state index in [1.54, 1.807) is 0 Å². The largest absolute Gasteiger partial charge is 0.469 e. The number of benzene rings is 1. The van der Waals surface area contributed by atoms with Crippen molar-refractivity contribution in [1.82, 2.24) is 5.32 Å². The summed E-state index contributed by atoms with van der Waals surface area (Å²) in [7, 11) is 1.31. The third-order valence-corrected chi connectivity index (χ3v) is 2.72. The van der Waals surface area contributed by atoms with E-state index in [4.69, 9.17) is 0 Å². The lowest BCUT2D eigenvalue weighted by Gasteiger charge is -2.14. The van der Waals surface area contributed by atoms with Gasteiger partial charge in [-0.15, -0.1) is 0 Å². The van der Waals surface area contributed by atoms with Crippen LogP contribution in [0.3, 0.4) is 0 Å². The molecular weight excluding hydrogens is 220 g/mol. The minimum absolute atomic E-state index is 0.0245. The van der Waals surface area contributed by atoms with Gasteiger partial charge < -0.3 is 15.4 Å². The number of fused-ring (bicyclic) bond motifs is 1. The molecule has 0 unspecified atom stereocenters. The van der Waals surface area contributed by atoms with Crippen LogP contribution in [0.4, 0.5) is 5.69 Å². The number of carbonyl (C=O) groups excluding carboxylic acids is 2. The van der Waals surface area contributed by atoms with Crippen molar-refractivity contribution in [3.05, 3.63) is 29.8 Å². The molecule has 0 radical (unpaired) electrons. The molecule has 5 nitrogen and oxygen atoms in total. The van der Waals surface area contributed by atoms with Gasteiger partial charge in [-0.2, -0.15) is 0 Å². The molecule has 0 spiro atoms. The van der Waals surface area contributed by atoms with Gasteiger partial charge >= 0.3 is 5.97 Å². The first-order chi connectivity index (χ1) is 8.20. The average molecular weight is 234 g/mol. The molecule has 1 aliphatic heterocycles. The average Bonchev–Trinajstić information content (AvgIpc) is 2.50. The Morgan fingerprint density at radius 3 is 3.00 bits per heavy atom. The molecule has 2 N–H and O–H groups in total. The molecule has 0 fully saturated rings. The van der Waals surface area contributed by atoms with E-state index >= 15 is 0 Å². The zero-order valence-corrected chi connectivity index (χ0v) is 9.53. The highest BCUT2D eigenvalue weighted by Crippen LogP contribution is 2.19. The van der Waals surface area contributed by atoms with Crippen molar-refractivity contribution in [3.63, 3.8) is 0 Å². The van der Waals surface area contributed by atoms with Gasteiger partial charge in [-0.3, -0.25) is 9.59 Å². The Labute approximate surface area is 99.2 Å². The minimum Gasteiger partial charge on any atom is -0.469 e. The quantitative estimate of drug-likeness (QED) is 0.738. The second-order valence-electron chi connectivity index (χ2n) is 3.85. The number of nitrogens with one attached hydrogen (secondary N) is 2. The summed E-state index contributed by atoms with van der Waals surface area (Å²) >= 11 is 0. The Morgan fingerprint density at radius 2 is 2.24 bits per heavy atom. The Kier molecular flexibility index (Phi) is 3.27. The third kappa shape index (κ3) is 2.55. The van der Waals surface area contributed by atoms with Crippen LogP contribution in [0.25, 0.3) is 0 Å². The lowest BCUT2D eigenvalue weighted by Crippen LogP contribution is -2.38. The lowest BCUT2D eigenvalue weighted by atomic mass is 10.1. The number of carbonyl (C=O) groups is 2. The number of anilines is 1. The fourth-order valence-electron chi connectivity index (χ4n) is 1.77. The van der Waals surface area contributed by atoms with E-state index in [2.05, 4.69) is 15.4 Å². The Bertz CT molecular complexity index is 445. The number of esters is 1. The highest BCUT2D eigenvalue weighted by Gasteiger charge is 2.25. The zero-order chi connectivity index (χ0) is 12.3. The molecule has 1 aromatic rings. The molecule has 1 heterocycles. The first kappa shape index (κ1) is 11.4. The predicted molar refractivity (Wildman–Crippen MR) is 62.3 cm³/mol. The molecule has 5 heteroatoms. The fraction of sp³-hybridized carbons (Fsp3) is 0.333. The second-order valence-corrected chi connectivity index (χ2v) is 3.85. The third-order valence-electron chi connectivity index (χ3n) is 2.72. The molecule has 2 rings (SSSR count). The normalized spacial score (nSPS) is 18.4. The Morgan fingerprint density at radius 1 is 1.47 bits per heavy atom. The molecule has 17 heavy (non-hydrogen) atoms. The predicted octanol–water partition coefficient (Wildman–Crippen LogP) is 0.660. The maximum Gasteiger partial charge on any atom is 0.308 e. The van der Waals surface area contributed by atoms with Crippen molar-refractivity contribution in [2.45, 2.75) is 19.0 Å². The summed E-state index contributed by atoms with van der Waals surface area (Å²) in [4.78, 5) is 23.0. The molecule has 1 amide bonds. The highest BCUT2D eigenvalue weighted by atomic mass is 16.5. The molecule has 0 saturated heterocycles. The van der Waals surface area contributed by atoms with Gasteiger partial charge in [-0.1, -0.05) is 18.2 Å². The molecular formula is C12H14N2O3. The maximum atomic E-state index is 11.8. The van der Waals surface area contributed by atoms with Crippen LogP contribution in [-0.4, -0.2) is 25.0 Å². The summed E-state index contributed by atoms with van der Waals surface area (Å²) in [6.45, 7) is 0.472. The number of amides is 1. The number of hydrogen-bond acceptors (Lipinski definition) is 4. The SMILES string of the molecule is COC(=O)C[C@@H]1Nc2ccccc2CNC1=O. The van der Waals surface area contributed by atoms with Crippen LogP contribution in [0.5, 0.6) is 0 Å². The molecule has 1 atom stereocenters. The minimum atomic E-state index is -0.578. The fourth-order valence-corrected chi connectivity index (χ4v) is 1.77. The van der Waals surface area contributed by atoms with Gasteiger partial charge in [0, 0.05) is 12.2 Å². The number of rotatable bonds is 2. The van der Waals surface area contributed by atoms with Gasteiger partial charge in [0.15, 0.2) is 0 Å². The van der Waals surface area contributed by atoms with Crippen LogP contribution in [0.1, 0.15) is 12.0 Å². The number of para-hydroxylation sites is 1. The lowest BCUT2D eigenvalue weighted by molar-refractivity contribution is -0.142. The van der Waals surface area contributed by atoms with Gasteiger partial charge in [0.2, 0.25) is 5.91 Å². The van der Waals surface area contributed by atoms with E-state index in [1.165, 1.54) is 7.11 Å².